The molecule has 0 aliphatic carbocycles. The highest BCUT2D eigenvalue weighted by atomic mass is 16.1. The third kappa shape index (κ3) is 4.99. The normalized spacial score (nSPS) is 12.8. The Morgan fingerprint density at radius 3 is 2.71 bits per heavy atom. The lowest BCUT2D eigenvalue weighted by atomic mass is 10.1. The van der Waals surface area contributed by atoms with Crippen molar-refractivity contribution in [1.82, 2.24) is 20.4 Å². The van der Waals surface area contributed by atoms with Crippen molar-refractivity contribution in [2.45, 2.75) is 33.4 Å². The van der Waals surface area contributed by atoms with E-state index < -0.39 is 0 Å². The summed E-state index contributed by atoms with van der Waals surface area (Å²) in [4.78, 5) is 11.6. The zero-order chi connectivity index (χ0) is 12.8. The summed E-state index contributed by atoms with van der Waals surface area (Å²) in [6.07, 6.45) is 3.73. The third-order valence-electron chi connectivity index (χ3n) is 2.76. The Hall–Kier alpha value is -1.36. The van der Waals surface area contributed by atoms with Crippen LogP contribution < -0.4 is 10.6 Å². The molecule has 2 N–H and O–H groups in total. The van der Waals surface area contributed by atoms with E-state index in [9.17, 15) is 4.79 Å². The number of carbonyl (C=O) groups excluding carboxylic acids is 1. The van der Waals surface area contributed by atoms with Crippen LogP contribution in [0.4, 0.5) is 0 Å². The lowest BCUT2D eigenvalue weighted by Crippen LogP contribution is -2.41. The van der Waals surface area contributed by atoms with Gasteiger partial charge in [0.2, 0.25) is 5.91 Å². The van der Waals surface area contributed by atoms with Gasteiger partial charge in [0.1, 0.15) is 0 Å². The molecule has 1 aromatic heterocycles. The Balaban J connectivity index is 2.20. The maximum Gasteiger partial charge on any atom is 0.234 e. The molecular formula is C12H22N4O. The number of amides is 1. The van der Waals surface area contributed by atoms with Crippen LogP contribution >= 0.6 is 0 Å². The van der Waals surface area contributed by atoms with E-state index in [2.05, 4.69) is 29.6 Å². The minimum atomic E-state index is 0.0371. The Morgan fingerprint density at radius 1 is 1.47 bits per heavy atom. The summed E-state index contributed by atoms with van der Waals surface area (Å²) in [6.45, 7) is 7.20. The van der Waals surface area contributed by atoms with E-state index in [-0.39, 0.29) is 11.9 Å². The first kappa shape index (κ1) is 13.7. The molecule has 17 heavy (non-hydrogen) atoms. The smallest absolute Gasteiger partial charge is 0.234 e. The third-order valence-corrected chi connectivity index (χ3v) is 2.76. The summed E-state index contributed by atoms with van der Waals surface area (Å²) in [5, 5.41) is 10.1. The van der Waals surface area contributed by atoms with Gasteiger partial charge in [-0.1, -0.05) is 13.8 Å². The average molecular weight is 238 g/mol. The largest absolute Gasteiger partial charge is 0.352 e. The number of nitrogens with one attached hydrogen (secondary N) is 2. The van der Waals surface area contributed by atoms with E-state index in [1.807, 2.05) is 20.2 Å². The van der Waals surface area contributed by atoms with Crippen LogP contribution in [0.1, 0.15) is 26.3 Å². The average Bonchev–Trinajstić information content (AvgIpc) is 2.64. The molecule has 0 spiro atoms. The molecule has 96 valence electrons. The number of nitrogens with zero attached hydrogens (tertiary/aromatic N) is 2. The van der Waals surface area contributed by atoms with Crippen molar-refractivity contribution in [2.24, 2.45) is 13.0 Å². The molecule has 0 saturated carbocycles. The number of carbonyl (C=O) groups is 1. The van der Waals surface area contributed by atoms with Crippen LogP contribution in [0.3, 0.4) is 0 Å². The van der Waals surface area contributed by atoms with Gasteiger partial charge >= 0.3 is 0 Å². The topological polar surface area (TPSA) is 59.0 Å². The molecule has 0 saturated heterocycles. The quantitative estimate of drug-likeness (QED) is 0.766. The van der Waals surface area contributed by atoms with Crippen LogP contribution in [-0.2, 0) is 18.4 Å². The summed E-state index contributed by atoms with van der Waals surface area (Å²) in [5.41, 5.74) is 1.08. The SMILES string of the molecule is CC(C)C(C)NC(=O)CNCc1cnn(C)c1. The molecule has 0 fully saturated rings. The number of hydrogen-bond acceptors (Lipinski definition) is 3. The van der Waals surface area contributed by atoms with Gasteiger partial charge in [0, 0.05) is 31.4 Å². The van der Waals surface area contributed by atoms with Gasteiger partial charge in [0.15, 0.2) is 0 Å². The number of aryl methyl sites for hydroxylation is 1. The van der Waals surface area contributed by atoms with E-state index in [0.717, 1.165) is 5.56 Å². The number of rotatable bonds is 6. The molecule has 0 bridgehead atoms. The van der Waals surface area contributed by atoms with Crippen LogP contribution in [0.5, 0.6) is 0 Å². The molecule has 0 radical (unpaired) electrons. The summed E-state index contributed by atoms with van der Waals surface area (Å²) in [6, 6.07) is 0.211. The second-order valence-electron chi connectivity index (χ2n) is 4.73. The monoisotopic (exact) mass is 238 g/mol. The first-order valence-corrected chi connectivity index (χ1v) is 5.96. The fraction of sp³-hybridized carbons (Fsp3) is 0.667. The fourth-order valence-electron chi connectivity index (χ4n) is 1.36. The van der Waals surface area contributed by atoms with Crippen molar-refractivity contribution < 1.29 is 4.79 Å². The summed E-state index contributed by atoms with van der Waals surface area (Å²) < 4.78 is 1.75. The van der Waals surface area contributed by atoms with E-state index in [1.165, 1.54) is 0 Å². The van der Waals surface area contributed by atoms with E-state index >= 15 is 0 Å². The second kappa shape index (κ2) is 6.39. The predicted octanol–water partition coefficient (Wildman–Crippen LogP) is 0.670. The van der Waals surface area contributed by atoms with Gasteiger partial charge in [-0.15, -0.1) is 0 Å². The Bertz CT molecular complexity index is 359. The molecule has 0 aliphatic rings. The number of aromatic nitrogens is 2. The fourth-order valence-corrected chi connectivity index (χ4v) is 1.36. The lowest BCUT2D eigenvalue weighted by Gasteiger charge is -2.17. The maximum atomic E-state index is 11.6. The van der Waals surface area contributed by atoms with Crippen molar-refractivity contribution in [3.05, 3.63) is 18.0 Å². The highest BCUT2D eigenvalue weighted by Gasteiger charge is 2.10. The van der Waals surface area contributed by atoms with Gasteiger partial charge in [0.05, 0.1) is 12.7 Å². The molecule has 1 rings (SSSR count). The van der Waals surface area contributed by atoms with Crippen molar-refractivity contribution in [2.75, 3.05) is 6.54 Å². The zero-order valence-electron chi connectivity index (χ0n) is 11.0. The first-order valence-electron chi connectivity index (χ1n) is 5.96. The zero-order valence-corrected chi connectivity index (χ0v) is 11.0. The van der Waals surface area contributed by atoms with E-state index in [1.54, 1.807) is 10.9 Å². The maximum absolute atomic E-state index is 11.6. The molecule has 5 heteroatoms. The van der Waals surface area contributed by atoms with Gasteiger partial charge in [-0.3, -0.25) is 9.48 Å². The van der Waals surface area contributed by atoms with Crippen molar-refractivity contribution in [3.8, 4) is 0 Å². The van der Waals surface area contributed by atoms with E-state index in [0.29, 0.717) is 19.0 Å². The Morgan fingerprint density at radius 2 is 2.18 bits per heavy atom. The lowest BCUT2D eigenvalue weighted by molar-refractivity contribution is -0.121. The van der Waals surface area contributed by atoms with Gasteiger partial charge in [0.25, 0.3) is 0 Å². The van der Waals surface area contributed by atoms with Gasteiger partial charge in [-0.2, -0.15) is 5.10 Å². The molecular weight excluding hydrogens is 216 g/mol. The predicted molar refractivity (Wildman–Crippen MR) is 67.4 cm³/mol. The highest BCUT2D eigenvalue weighted by Crippen LogP contribution is 1.99. The molecule has 1 atom stereocenters. The van der Waals surface area contributed by atoms with Crippen molar-refractivity contribution >= 4 is 5.91 Å². The van der Waals surface area contributed by atoms with Crippen LogP contribution in [-0.4, -0.2) is 28.3 Å². The molecule has 1 amide bonds. The van der Waals surface area contributed by atoms with Crippen LogP contribution in [0.2, 0.25) is 0 Å². The van der Waals surface area contributed by atoms with Gasteiger partial charge in [-0.05, 0) is 12.8 Å². The van der Waals surface area contributed by atoms with Crippen LogP contribution in [0.25, 0.3) is 0 Å². The van der Waals surface area contributed by atoms with Gasteiger partial charge in [-0.25, -0.2) is 0 Å². The minimum Gasteiger partial charge on any atom is -0.352 e. The van der Waals surface area contributed by atoms with Gasteiger partial charge < -0.3 is 10.6 Å². The summed E-state index contributed by atoms with van der Waals surface area (Å²) in [7, 11) is 1.88. The van der Waals surface area contributed by atoms with Crippen LogP contribution in [0.15, 0.2) is 12.4 Å². The van der Waals surface area contributed by atoms with E-state index in [4.69, 9.17) is 0 Å². The standard InChI is InChI=1S/C12H22N4O/c1-9(2)10(3)15-12(17)7-13-5-11-6-14-16(4)8-11/h6,8-10,13H,5,7H2,1-4H3,(H,15,17). The molecule has 1 aromatic rings. The Labute approximate surface area is 103 Å². The van der Waals surface area contributed by atoms with Crippen molar-refractivity contribution in [3.63, 3.8) is 0 Å². The Kier molecular flexibility index (Phi) is 5.15. The molecule has 0 aliphatic heterocycles. The molecule has 1 unspecified atom stereocenters. The molecule has 1 heterocycles. The minimum absolute atomic E-state index is 0.0371. The molecule has 5 nitrogen and oxygen atoms in total. The second-order valence-corrected chi connectivity index (χ2v) is 4.73. The highest BCUT2D eigenvalue weighted by molar-refractivity contribution is 5.78. The summed E-state index contributed by atoms with van der Waals surface area (Å²) >= 11 is 0. The first-order chi connectivity index (χ1) is 7.99. The van der Waals surface area contributed by atoms with Crippen molar-refractivity contribution in [1.29, 1.82) is 0 Å². The molecule has 0 aromatic carbocycles. The summed E-state index contributed by atoms with van der Waals surface area (Å²) in [5.74, 6) is 0.493. The number of hydrogen-bond donors (Lipinski definition) is 2. The van der Waals surface area contributed by atoms with Crippen LogP contribution in [0, 0.1) is 5.92 Å².